The highest BCUT2D eigenvalue weighted by molar-refractivity contribution is 5.85. The summed E-state index contributed by atoms with van der Waals surface area (Å²) < 4.78 is 5.14. The van der Waals surface area contributed by atoms with Gasteiger partial charge >= 0.3 is 11.9 Å². The van der Waals surface area contributed by atoms with Crippen LogP contribution in [0.15, 0.2) is 11.6 Å². The van der Waals surface area contributed by atoms with E-state index in [0.29, 0.717) is 32.1 Å². The molecule has 0 radical (unpaired) electrons. The van der Waals surface area contributed by atoms with Gasteiger partial charge in [-0.3, -0.25) is 4.79 Å². The highest BCUT2D eigenvalue weighted by Crippen LogP contribution is 2.70. The van der Waals surface area contributed by atoms with E-state index >= 15 is 0 Å². The number of carboxylic acids is 1. The zero-order chi connectivity index (χ0) is 21.5. The van der Waals surface area contributed by atoms with Crippen LogP contribution in [0.25, 0.3) is 0 Å². The Labute approximate surface area is 176 Å². The van der Waals surface area contributed by atoms with Gasteiger partial charge in [0.1, 0.15) is 6.61 Å². The lowest BCUT2D eigenvalue weighted by Crippen LogP contribution is -2.70. The first kappa shape index (κ1) is 20.5. The number of esters is 1. The summed E-state index contributed by atoms with van der Waals surface area (Å²) in [6.45, 7) is 2.36. The van der Waals surface area contributed by atoms with Crippen LogP contribution in [0.3, 0.4) is 0 Å². The van der Waals surface area contributed by atoms with Crippen molar-refractivity contribution in [3.8, 4) is 0 Å². The normalized spacial score (nSPS) is 52.7. The molecule has 8 atom stereocenters. The Morgan fingerprint density at radius 3 is 2.47 bits per heavy atom. The van der Waals surface area contributed by atoms with Crippen molar-refractivity contribution in [2.45, 2.75) is 82.0 Å². The Kier molecular flexibility index (Phi) is 4.30. The number of carbonyl (C=O) groups is 2. The Bertz CT molecular complexity index is 822. The third-order valence-corrected chi connectivity index (χ3v) is 9.94. The van der Waals surface area contributed by atoms with Gasteiger partial charge in [-0.05, 0) is 74.7 Å². The minimum absolute atomic E-state index is 0.0460. The fourth-order valence-corrected chi connectivity index (χ4v) is 8.49. The molecule has 0 aromatic heterocycles. The van der Waals surface area contributed by atoms with E-state index in [-0.39, 0.29) is 49.6 Å². The predicted molar refractivity (Wildman–Crippen MR) is 105 cm³/mol. The molecular weight excluding hydrogens is 388 g/mol. The molecule has 0 aromatic carbocycles. The first-order chi connectivity index (χ1) is 14.1. The molecule has 7 nitrogen and oxygen atoms in total. The van der Waals surface area contributed by atoms with Crippen molar-refractivity contribution in [2.24, 2.45) is 28.6 Å². The number of fused-ring (bicyclic) bond motifs is 5. The van der Waals surface area contributed by atoms with Crippen LogP contribution in [0.2, 0.25) is 0 Å². The van der Waals surface area contributed by atoms with Crippen molar-refractivity contribution >= 4 is 11.9 Å². The summed E-state index contributed by atoms with van der Waals surface area (Å²) in [7, 11) is 0. The second-order valence-electron chi connectivity index (χ2n) is 10.8. The van der Waals surface area contributed by atoms with Gasteiger partial charge in [0.15, 0.2) is 0 Å². The molecule has 5 aliphatic rings. The molecule has 1 aliphatic heterocycles. The number of carboxylic acid groups (broad SMARTS) is 1. The molecule has 0 saturated heterocycles. The number of hydrogen-bond acceptors (Lipinski definition) is 6. The average Bonchev–Trinajstić information content (AvgIpc) is 3.21. The summed E-state index contributed by atoms with van der Waals surface area (Å²) >= 11 is 0. The Balaban J connectivity index is 1.54. The zero-order valence-electron chi connectivity index (χ0n) is 17.5. The van der Waals surface area contributed by atoms with Crippen LogP contribution in [0.5, 0.6) is 0 Å². The summed E-state index contributed by atoms with van der Waals surface area (Å²) in [4.78, 5) is 24.3. The Morgan fingerprint density at radius 2 is 1.80 bits per heavy atom. The van der Waals surface area contributed by atoms with Crippen molar-refractivity contribution in [1.82, 2.24) is 0 Å². The largest absolute Gasteiger partial charge is 0.481 e. The van der Waals surface area contributed by atoms with Gasteiger partial charge in [0.2, 0.25) is 0 Å². The monoisotopic (exact) mass is 420 g/mol. The van der Waals surface area contributed by atoms with E-state index in [1.165, 1.54) is 0 Å². The number of aliphatic hydroxyl groups excluding tert-OH is 1. The van der Waals surface area contributed by atoms with Crippen LogP contribution < -0.4 is 0 Å². The van der Waals surface area contributed by atoms with E-state index in [9.17, 15) is 30.0 Å². The van der Waals surface area contributed by atoms with E-state index in [0.717, 1.165) is 12.0 Å². The second-order valence-corrected chi connectivity index (χ2v) is 10.8. The fraction of sp³-hybridized carbons (Fsp3) is 0.826. The Morgan fingerprint density at radius 1 is 1.07 bits per heavy atom. The van der Waals surface area contributed by atoms with Crippen LogP contribution in [0.4, 0.5) is 0 Å². The molecule has 0 aromatic rings. The van der Waals surface area contributed by atoms with Crippen LogP contribution in [0, 0.1) is 28.6 Å². The highest BCUT2D eigenvalue weighted by atomic mass is 16.5. The molecule has 30 heavy (non-hydrogen) atoms. The molecular formula is C23H32O7. The second kappa shape index (κ2) is 6.30. The van der Waals surface area contributed by atoms with Crippen molar-refractivity contribution in [3.05, 3.63) is 11.6 Å². The third kappa shape index (κ3) is 2.32. The van der Waals surface area contributed by atoms with Crippen molar-refractivity contribution in [1.29, 1.82) is 0 Å². The molecule has 166 valence electrons. The van der Waals surface area contributed by atoms with Gasteiger partial charge in [0, 0.05) is 17.9 Å². The summed E-state index contributed by atoms with van der Waals surface area (Å²) in [6.07, 6.45) is 5.00. The molecule has 4 saturated carbocycles. The maximum atomic E-state index is 12.7. The number of cyclic esters (lactones) is 1. The number of aliphatic hydroxyl groups is 3. The molecule has 0 unspecified atom stereocenters. The van der Waals surface area contributed by atoms with Gasteiger partial charge in [-0.2, -0.15) is 0 Å². The van der Waals surface area contributed by atoms with Gasteiger partial charge in [0.25, 0.3) is 0 Å². The van der Waals surface area contributed by atoms with E-state index in [1.807, 2.05) is 0 Å². The smallest absolute Gasteiger partial charge is 0.331 e. The van der Waals surface area contributed by atoms with Gasteiger partial charge in [-0.1, -0.05) is 6.92 Å². The third-order valence-electron chi connectivity index (χ3n) is 9.94. The minimum Gasteiger partial charge on any atom is -0.481 e. The van der Waals surface area contributed by atoms with Gasteiger partial charge < -0.3 is 25.2 Å². The molecule has 0 bridgehead atoms. The van der Waals surface area contributed by atoms with Crippen molar-refractivity contribution in [2.75, 3.05) is 6.61 Å². The minimum atomic E-state index is -1.44. The van der Waals surface area contributed by atoms with E-state index in [1.54, 1.807) is 6.08 Å². The molecule has 7 heteroatoms. The van der Waals surface area contributed by atoms with E-state index in [2.05, 4.69) is 6.92 Å². The molecule has 0 spiro atoms. The van der Waals surface area contributed by atoms with Crippen LogP contribution in [-0.2, 0) is 14.3 Å². The molecule has 4 fully saturated rings. The van der Waals surface area contributed by atoms with Gasteiger partial charge in [-0.25, -0.2) is 4.79 Å². The lowest BCUT2D eigenvalue weighted by atomic mass is 9.41. The zero-order valence-corrected chi connectivity index (χ0v) is 17.5. The molecule has 4 N–H and O–H groups in total. The highest BCUT2D eigenvalue weighted by Gasteiger charge is 2.73. The molecule has 1 heterocycles. The number of hydrogen-bond donors (Lipinski definition) is 4. The molecule has 5 rings (SSSR count). The standard InChI is InChI=1S/C23H32O7/c1-20-6-3-16-17(23(20,29)9-5-15(20)13-10-18(25)30-12-13)4-7-21(28)11-14(24)2-8-22(16,21)19(26)27/h10,14-17,24,28-29H,2-9,11-12H2,1H3,(H,26,27)/t14-,15-,16-,17+,20+,21+,22+,23-/m0/s1. The van der Waals surface area contributed by atoms with Crippen LogP contribution in [-0.4, -0.2) is 56.3 Å². The lowest BCUT2D eigenvalue weighted by molar-refractivity contribution is -0.260. The number of ether oxygens (including phenoxy) is 1. The lowest BCUT2D eigenvalue weighted by Gasteiger charge is -2.65. The maximum absolute atomic E-state index is 12.7. The topological polar surface area (TPSA) is 124 Å². The van der Waals surface area contributed by atoms with Gasteiger partial charge in [0.05, 0.1) is 22.7 Å². The quantitative estimate of drug-likeness (QED) is 0.502. The van der Waals surface area contributed by atoms with Gasteiger partial charge in [-0.15, -0.1) is 0 Å². The average molecular weight is 421 g/mol. The first-order valence-corrected chi connectivity index (χ1v) is 11.3. The number of rotatable bonds is 2. The van der Waals surface area contributed by atoms with Crippen LogP contribution in [0.1, 0.15) is 64.7 Å². The number of carbonyl (C=O) groups excluding carboxylic acids is 1. The van der Waals surface area contributed by atoms with E-state index in [4.69, 9.17) is 4.74 Å². The maximum Gasteiger partial charge on any atom is 0.331 e. The summed E-state index contributed by atoms with van der Waals surface area (Å²) in [5, 5.41) is 44.1. The van der Waals surface area contributed by atoms with E-state index < -0.39 is 34.1 Å². The van der Waals surface area contributed by atoms with Crippen molar-refractivity contribution < 1.29 is 34.8 Å². The molecule has 4 aliphatic carbocycles. The summed E-state index contributed by atoms with van der Waals surface area (Å²) in [5.41, 5.74) is -3.30. The molecule has 0 amide bonds. The summed E-state index contributed by atoms with van der Waals surface area (Å²) in [5.74, 6) is -1.82. The fourth-order valence-electron chi connectivity index (χ4n) is 8.49. The Hall–Kier alpha value is -1.44. The summed E-state index contributed by atoms with van der Waals surface area (Å²) in [6, 6.07) is 0. The predicted octanol–water partition coefficient (Wildman–Crippen LogP) is 1.78. The van der Waals surface area contributed by atoms with Crippen LogP contribution >= 0.6 is 0 Å². The number of aliphatic carboxylic acids is 1. The SMILES string of the molecule is C[C@]12CC[C@H]3[C@@H](CC[C@@]4(O)C[C@@H](O)CC[C@]34C(=O)O)[C@@]1(O)CC[C@H]2C1=CC(=O)OC1. The van der Waals surface area contributed by atoms with Crippen molar-refractivity contribution in [3.63, 3.8) is 0 Å². The first-order valence-electron chi connectivity index (χ1n) is 11.3.